The number of allylic oxidation sites excluding steroid dienone is 2. The van der Waals surface area contributed by atoms with Crippen molar-refractivity contribution in [3.63, 3.8) is 0 Å². The molecule has 0 saturated heterocycles. The van der Waals surface area contributed by atoms with Crippen molar-refractivity contribution in [2.45, 2.75) is 33.2 Å². The zero-order valence-electron chi connectivity index (χ0n) is 8.15. The lowest BCUT2D eigenvalue weighted by atomic mass is 10.2. The van der Waals surface area contributed by atoms with E-state index in [2.05, 4.69) is 32.7 Å². The van der Waals surface area contributed by atoms with Crippen LogP contribution in [-0.4, -0.2) is 12.3 Å². The van der Waals surface area contributed by atoms with Crippen LogP contribution in [0.2, 0.25) is 0 Å². The Balaban J connectivity index is 4.33. The molecule has 12 heavy (non-hydrogen) atoms. The number of hydrogen-bond acceptors (Lipinski definition) is 2. The average molecular weight is 166 g/mol. The van der Waals surface area contributed by atoms with Crippen LogP contribution in [0.3, 0.4) is 0 Å². The predicted molar refractivity (Wildman–Crippen MR) is 54.6 cm³/mol. The summed E-state index contributed by atoms with van der Waals surface area (Å²) in [6.07, 6.45) is 4.28. The van der Waals surface area contributed by atoms with Gasteiger partial charge in [-0.05, 0) is 20.3 Å². The van der Waals surface area contributed by atoms with Crippen molar-refractivity contribution < 1.29 is 0 Å². The van der Waals surface area contributed by atoms with Crippen molar-refractivity contribution in [3.8, 4) is 0 Å². The van der Waals surface area contributed by atoms with Gasteiger partial charge in [0.15, 0.2) is 0 Å². The third kappa shape index (κ3) is 3.96. The van der Waals surface area contributed by atoms with Crippen LogP contribution < -0.4 is 5.32 Å². The smallest absolute Gasteiger partial charge is 0.0384 e. The Kier molecular flexibility index (Phi) is 5.09. The van der Waals surface area contributed by atoms with Gasteiger partial charge in [-0.1, -0.05) is 19.6 Å². The minimum absolute atomic E-state index is 0.388. The quantitative estimate of drug-likeness (QED) is 0.477. The van der Waals surface area contributed by atoms with Gasteiger partial charge in [-0.3, -0.25) is 0 Å². The van der Waals surface area contributed by atoms with Gasteiger partial charge in [-0.2, -0.15) is 0 Å². The zero-order valence-corrected chi connectivity index (χ0v) is 8.15. The summed E-state index contributed by atoms with van der Waals surface area (Å²) in [5.41, 5.74) is 1.72. The van der Waals surface area contributed by atoms with Gasteiger partial charge in [0.2, 0.25) is 0 Å². The van der Waals surface area contributed by atoms with Crippen molar-refractivity contribution in [1.29, 1.82) is 5.41 Å². The molecule has 0 spiro atoms. The van der Waals surface area contributed by atoms with Gasteiger partial charge < -0.3 is 10.7 Å². The maximum atomic E-state index is 7.06. The molecule has 0 aliphatic carbocycles. The van der Waals surface area contributed by atoms with E-state index in [-0.39, 0.29) is 0 Å². The van der Waals surface area contributed by atoms with Crippen LogP contribution in [0.25, 0.3) is 0 Å². The molecule has 0 rings (SSSR count). The maximum absolute atomic E-state index is 7.06. The molecular weight excluding hydrogens is 148 g/mol. The fourth-order valence-corrected chi connectivity index (χ4v) is 0.876. The molecule has 0 aromatic rings. The lowest BCUT2D eigenvalue weighted by Gasteiger charge is -2.13. The maximum Gasteiger partial charge on any atom is 0.0384 e. The van der Waals surface area contributed by atoms with Crippen molar-refractivity contribution >= 4 is 6.21 Å². The van der Waals surface area contributed by atoms with E-state index in [0.29, 0.717) is 6.04 Å². The molecule has 0 fully saturated rings. The highest BCUT2D eigenvalue weighted by Crippen LogP contribution is 2.03. The second kappa shape index (κ2) is 5.58. The summed E-state index contributed by atoms with van der Waals surface area (Å²) < 4.78 is 0. The highest BCUT2D eigenvalue weighted by molar-refractivity contribution is 5.80. The van der Waals surface area contributed by atoms with Crippen LogP contribution in [0.15, 0.2) is 23.9 Å². The van der Waals surface area contributed by atoms with E-state index in [9.17, 15) is 0 Å². The summed E-state index contributed by atoms with van der Waals surface area (Å²) in [7, 11) is 0. The Hall–Kier alpha value is -1.05. The molecule has 0 heterocycles. The van der Waals surface area contributed by atoms with Crippen molar-refractivity contribution in [1.82, 2.24) is 5.32 Å². The van der Waals surface area contributed by atoms with Crippen LogP contribution in [0, 0.1) is 5.41 Å². The van der Waals surface area contributed by atoms with Gasteiger partial charge >= 0.3 is 0 Å². The molecule has 2 N–H and O–H groups in total. The fraction of sp³-hybridized carbons (Fsp3) is 0.500. The Labute approximate surface area is 74.9 Å². The molecule has 0 saturated carbocycles. The average Bonchev–Trinajstić information content (AvgIpc) is 2.01. The topological polar surface area (TPSA) is 35.9 Å². The first-order chi connectivity index (χ1) is 5.61. The third-order valence-corrected chi connectivity index (χ3v) is 1.37. The molecule has 0 bridgehead atoms. The Morgan fingerprint density at radius 3 is 2.50 bits per heavy atom. The molecule has 0 amide bonds. The summed E-state index contributed by atoms with van der Waals surface area (Å²) in [6, 6.07) is 0.388. The van der Waals surface area contributed by atoms with E-state index < -0.39 is 0 Å². The first-order valence-corrected chi connectivity index (χ1v) is 4.28. The van der Waals surface area contributed by atoms with E-state index in [1.54, 1.807) is 0 Å². The monoisotopic (exact) mass is 166 g/mol. The van der Waals surface area contributed by atoms with Gasteiger partial charge in [0, 0.05) is 23.5 Å². The van der Waals surface area contributed by atoms with Crippen LogP contribution in [0.4, 0.5) is 0 Å². The Morgan fingerprint density at radius 1 is 1.58 bits per heavy atom. The lowest BCUT2D eigenvalue weighted by molar-refractivity contribution is 0.676. The van der Waals surface area contributed by atoms with Crippen molar-refractivity contribution in [2.24, 2.45) is 0 Å². The summed E-state index contributed by atoms with van der Waals surface area (Å²) in [5, 5.41) is 10.3. The van der Waals surface area contributed by atoms with Gasteiger partial charge in [-0.25, -0.2) is 0 Å². The van der Waals surface area contributed by atoms with Crippen LogP contribution in [0.1, 0.15) is 27.2 Å². The zero-order chi connectivity index (χ0) is 9.56. The molecule has 0 aromatic heterocycles. The highest BCUT2D eigenvalue weighted by Gasteiger charge is 2.00. The highest BCUT2D eigenvalue weighted by atomic mass is 14.9. The molecule has 0 unspecified atom stereocenters. The summed E-state index contributed by atoms with van der Waals surface area (Å²) in [4.78, 5) is 0. The van der Waals surface area contributed by atoms with E-state index in [4.69, 9.17) is 5.41 Å². The third-order valence-electron chi connectivity index (χ3n) is 1.37. The molecule has 0 aliphatic rings. The number of rotatable bonds is 5. The summed E-state index contributed by atoms with van der Waals surface area (Å²) in [6.45, 7) is 9.98. The second-order valence-electron chi connectivity index (χ2n) is 2.99. The molecule has 2 heteroatoms. The van der Waals surface area contributed by atoms with Crippen LogP contribution in [-0.2, 0) is 0 Å². The summed E-state index contributed by atoms with van der Waals surface area (Å²) >= 11 is 0. The first kappa shape index (κ1) is 11.0. The minimum Gasteiger partial charge on any atom is -0.383 e. The largest absolute Gasteiger partial charge is 0.383 e. The summed E-state index contributed by atoms with van der Waals surface area (Å²) in [5.74, 6) is 0. The Bertz CT molecular complexity index is 190. The molecule has 68 valence electrons. The van der Waals surface area contributed by atoms with Crippen molar-refractivity contribution in [2.75, 3.05) is 0 Å². The minimum atomic E-state index is 0.388. The Morgan fingerprint density at radius 2 is 2.17 bits per heavy atom. The van der Waals surface area contributed by atoms with Gasteiger partial charge in [0.05, 0.1) is 0 Å². The molecular formula is C10H18N2. The predicted octanol–water partition coefficient (Wildman–Crippen LogP) is 2.48. The SMILES string of the molecule is C=C(C=N)/C(=C\CC)NC(C)C. The first-order valence-electron chi connectivity index (χ1n) is 4.28. The normalized spacial score (nSPS) is 11.5. The molecule has 0 atom stereocenters. The van der Waals surface area contributed by atoms with Crippen LogP contribution in [0.5, 0.6) is 0 Å². The molecule has 2 nitrogen and oxygen atoms in total. The van der Waals surface area contributed by atoms with E-state index >= 15 is 0 Å². The van der Waals surface area contributed by atoms with Crippen LogP contribution >= 0.6 is 0 Å². The van der Waals surface area contributed by atoms with Crippen molar-refractivity contribution in [3.05, 3.63) is 23.9 Å². The molecule has 0 radical (unpaired) electrons. The number of nitrogens with one attached hydrogen (secondary N) is 2. The lowest BCUT2D eigenvalue weighted by Crippen LogP contribution is -2.23. The van der Waals surface area contributed by atoms with E-state index in [0.717, 1.165) is 17.7 Å². The van der Waals surface area contributed by atoms with E-state index in [1.807, 2.05) is 6.08 Å². The van der Waals surface area contributed by atoms with Gasteiger partial charge in [0.1, 0.15) is 0 Å². The second-order valence-corrected chi connectivity index (χ2v) is 2.99. The van der Waals surface area contributed by atoms with Gasteiger partial charge in [-0.15, -0.1) is 0 Å². The standard InChI is InChI=1S/C10H18N2/c1-5-6-10(9(4)7-11)12-8(2)3/h6-8,11-12H,4-5H2,1-3H3/b10-6+,11-7?. The van der Waals surface area contributed by atoms with E-state index in [1.165, 1.54) is 6.21 Å². The van der Waals surface area contributed by atoms with Gasteiger partial charge in [0.25, 0.3) is 0 Å². The molecule has 0 aromatic carbocycles. The fourth-order valence-electron chi connectivity index (χ4n) is 0.876. The number of hydrogen-bond donors (Lipinski definition) is 2. The molecule has 0 aliphatic heterocycles.